The molecule has 2 atom stereocenters. The number of carboxylic acids is 1. The van der Waals surface area contributed by atoms with E-state index in [1.54, 1.807) is 13.8 Å². The van der Waals surface area contributed by atoms with Crippen LogP contribution < -0.4 is 5.32 Å². The Kier molecular flexibility index (Phi) is 12.4. The molecule has 1 unspecified atom stereocenters. The number of carbonyl (C=O) groups excluding carboxylic acids is 2. The van der Waals surface area contributed by atoms with Crippen molar-refractivity contribution in [1.29, 1.82) is 0 Å². The van der Waals surface area contributed by atoms with Gasteiger partial charge in [0.25, 0.3) is 0 Å². The third-order valence-electron chi connectivity index (χ3n) is 4.80. The van der Waals surface area contributed by atoms with Crippen LogP contribution in [-0.2, 0) is 25.5 Å². The molecule has 0 heterocycles. The van der Waals surface area contributed by atoms with Crippen LogP contribution in [-0.4, -0.2) is 35.6 Å². The highest BCUT2D eigenvalue weighted by Gasteiger charge is 2.22. The molecule has 0 saturated carbocycles. The molecule has 2 rings (SSSR count). The standard InChI is InChI=1S/C24H29NO5.C2H6/c1-3-30-24(29)17(2)15-21(25-22(26)13-14-23(27)28)16-18-9-11-20(12-10-18)19-7-5-4-6-8-19;1-2/h4-12,17,21H,3,13-16H2,1-2H3,(H,25,26)(H,27,28);1-2H3/t17?,21-;/m0./s1. The second-order valence-electron chi connectivity index (χ2n) is 7.31. The fraction of sp³-hybridized carbons (Fsp3) is 0.423. The van der Waals surface area contributed by atoms with E-state index in [1.165, 1.54) is 0 Å². The molecule has 0 bridgehead atoms. The molecule has 6 heteroatoms. The lowest BCUT2D eigenvalue weighted by molar-refractivity contribution is -0.148. The van der Waals surface area contributed by atoms with Crippen molar-refractivity contribution >= 4 is 17.8 Å². The Balaban J connectivity index is 0.00000249. The highest BCUT2D eigenvalue weighted by Crippen LogP contribution is 2.21. The van der Waals surface area contributed by atoms with Crippen molar-refractivity contribution in [1.82, 2.24) is 5.32 Å². The quantitative estimate of drug-likeness (QED) is 0.486. The summed E-state index contributed by atoms with van der Waals surface area (Å²) in [7, 11) is 0. The van der Waals surface area contributed by atoms with Crippen molar-refractivity contribution < 1.29 is 24.2 Å². The van der Waals surface area contributed by atoms with Crippen LogP contribution in [0, 0.1) is 5.92 Å². The van der Waals surface area contributed by atoms with Crippen molar-refractivity contribution in [3.63, 3.8) is 0 Å². The van der Waals surface area contributed by atoms with E-state index in [0.29, 0.717) is 19.4 Å². The number of carboxylic acid groups (broad SMARTS) is 1. The van der Waals surface area contributed by atoms with Crippen molar-refractivity contribution in [3.8, 4) is 11.1 Å². The summed E-state index contributed by atoms with van der Waals surface area (Å²) in [6.45, 7) is 7.83. The van der Waals surface area contributed by atoms with Crippen molar-refractivity contribution in [2.45, 2.75) is 59.4 Å². The summed E-state index contributed by atoms with van der Waals surface area (Å²) >= 11 is 0. The van der Waals surface area contributed by atoms with Gasteiger partial charge in [-0.15, -0.1) is 0 Å². The summed E-state index contributed by atoms with van der Waals surface area (Å²) in [5.74, 6) is -2.03. The molecular formula is C26H35NO5. The molecule has 6 nitrogen and oxygen atoms in total. The van der Waals surface area contributed by atoms with Crippen LogP contribution >= 0.6 is 0 Å². The van der Waals surface area contributed by atoms with Gasteiger partial charge in [-0.05, 0) is 36.5 Å². The molecule has 0 aliphatic rings. The lowest BCUT2D eigenvalue weighted by atomic mass is 9.94. The number of hydrogen-bond donors (Lipinski definition) is 2. The minimum atomic E-state index is -1.02. The van der Waals surface area contributed by atoms with E-state index >= 15 is 0 Å². The maximum absolute atomic E-state index is 12.2. The Morgan fingerprint density at radius 3 is 2.09 bits per heavy atom. The predicted molar refractivity (Wildman–Crippen MR) is 126 cm³/mol. The Bertz CT molecular complexity index is 833. The first kappa shape index (κ1) is 26.9. The van der Waals surface area contributed by atoms with Gasteiger partial charge in [0.05, 0.1) is 18.9 Å². The molecule has 2 N–H and O–H groups in total. The average Bonchev–Trinajstić information content (AvgIpc) is 2.80. The minimum absolute atomic E-state index is 0.0907. The van der Waals surface area contributed by atoms with Gasteiger partial charge in [0, 0.05) is 12.5 Å². The van der Waals surface area contributed by atoms with Crippen LogP contribution in [0.3, 0.4) is 0 Å². The summed E-state index contributed by atoms with van der Waals surface area (Å²) in [6, 6.07) is 17.8. The van der Waals surface area contributed by atoms with Gasteiger partial charge in [-0.3, -0.25) is 14.4 Å². The second kappa shape index (κ2) is 14.8. The number of esters is 1. The van der Waals surface area contributed by atoms with Crippen LogP contribution in [0.1, 0.15) is 52.5 Å². The van der Waals surface area contributed by atoms with Gasteiger partial charge >= 0.3 is 11.9 Å². The first-order valence-electron chi connectivity index (χ1n) is 11.2. The van der Waals surface area contributed by atoms with E-state index < -0.39 is 5.97 Å². The van der Waals surface area contributed by atoms with Gasteiger partial charge in [-0.2, -0.15) is 0 Å². The molecule has 0 aliphatic carbocycles. The van der Waals surface area contributed by atoms with Gasteiger partial charge in [-0.1, -0.05) is 75.4 Å². The number of carbonyl (C=O) groups is 3. The Labute approximate surface area is 191 Å². The maximum atomic E-state index is 12.2. The highest BCUT2D eigenvalue weighted by molar-refractivity contribution is 5.81. The van der Waals surface area contributed by atoms with Crippen LogP contribution in [0.4, 0.5) is 0 Å². The topological polar surface area (TPSA) is 92.7 Å². The first-order valence-corrected chi connectivity index (χ1v) is 11.2. The Morgan fingerprint density at radius 2 is 1.53 bits per heavy atom. The fourth-order valence-corrected chi connectivity index (χ4v) is 3.27. The molecule has 0 saturated heterocycles. The van der Waals surface area contributed by atoms with Crippen molar-refractivity contribution in [2.75, 3.05) is 6.61 Å². The zero-order valence-electron chi connectivity index (χ0n) is 19.5. The summed E-state index contributed by atoms with van der Waals surface area (Å²) in [6.07, 6.45) is 0.639. The molecule has 1 amide bonds. The lowest BCUT2D eigenvalue weighted by Gasteiger charge is -2.22. The van der Waals surface area contributed by atoms with Gasteiger partial charge < -0.3 is 15.2 Å². The molecule has 0 fully saturated rings. The molecule has 32 heavy (non-hydrogen) atoms. The fourth-order valence-electron chi connectivity index (χ4n) is 3.27. The Hall–Kier alpha value is -3.15. The smallest absolute Gasteiger partial charge is 0.308 e. The van der Waals surface area contributed by atoms with E-state index in [4.69, 9.17) is 9.84 Å². The number of benzene rings is 2. The first-order chi connectivity index (χ1) is 15.4. The van der Waals surface area contributed by atoms with Crippen LogP contribution in [0.15, 0.2) is 54.6 Å². The van der Waals surface area contributed by atoms with E-state index in [9.17, 15) is 14.4 Å². The van der Waals surface area contributed by atoms with Gasteiger partial charge in [0.2, 0.25) is 5.91 Å². The molecule has 2 aromatic carbocycles. The summed E-state index contributed by atoms with van der Waals surface area (Å²) in [4.78, 5) is 34.9. The number of rotatable bonds is 11. The molecule has 2 aromatic rings. The molecule has 0 radical (unpaired) electrons. The predicted octanol–water partition coefficient (Wildman–Crippen LogP) is 4.86. The SMILES string of the molecule is CC.CCOC(=O)C(C)C[C@@H](Cc1ccc(-c2ccccc2)cc1)NC(=O)CCC(=O)O. The van der Waals surface area contributed by atoms with Crippen LogP contribution in [0.5, 0.6) is 0 Å². The van der Waals surface area contributed by atoms with Gasteiger partial charge in [-0.25, -0.2) is 0 Å². The van der Waals surface area contributed by atoms with Gasteiger partial charge in [0.15, 0.2) is 0 Å². The van der Waals surface area contributed by atoms with E-state index in [0.717, 1.165) is 16.7 Å². The van der Waals surface area contributed by atoms with Crippen LogP contribution in [0.2, 0.25) is 0 Å². The molecule has 0 aliphatic heterocycles. The van der Waals surface area contributed by atoms with E-state index in [2.05, 4.69) is 5.32 Å². The monoisotopic (exact) mass is 441 g/mol. The zero-order valence-corrected chi connectivity index (χ0v) is 19.5. The highest BCUT2D eigenvalue weighted by atomic mass is 16.5. The molecule has 0 spiro atoms. The normalized spacial score (nSPS) is 12.0. The third-order valence-corrected chi connectivity index (χ3v) is 4.80. The number of hydrogen-bond acceptors (Lipinski definition) is 4. The number of amides is 1. The lowest BCUT2D eigenvalue weighted by Crippen LogP contribution is -2.39. The van der Waals surface area contributed by atoms with Crippen molar-refractivity contribution in [2.24, 2.45) is 5.92 Å². The number of nitrogens with one attached hydrogen (secondary N) is 1. The summed E-state index contributed by atoms with van der Waals surface area (Å²) < 4.78 is 5.07. The molecule has 0 aromatic heterocycles. The second-order valence-corrected chi connectivity index (χ2v) is 7.31. The summed E-state index contributed by atoms with van der Waals surface area (Å²) in [5, 5.41) is 11.7. The minimum Gasteiger partial charge on any atom is -0.481 e. The van der Waals surface area contributed by atoms with Gasteiger partial charge in [0.1, 0.15) is 0 Å². The maximum Gasteiger partial charge on any atom is 0.308 e. The molecular weight excluding hydrogens is 406 g/mol. The number of ether oxygens (including phenoxy) is 1. The van der Waals surface area contributed by atoms with E-state index in [-0.39, 0.29) is 36.7 Å². The molecule has 174 valence electrons. The largest absolute Gasteiger partial charge is 0.481 e. The van der Waals surface area contributed by atoms with E-state index in [1.807, 2.05) is 68.4 Å². The zero-order chi connectivity index (χ0) is 23.9. The average molecular weight is 442 g/mol. The Morgan fingerprint density at radius 1 is 0.938 bits per heavy atom. The third kappa shape index (κ3) is 9.77. The summed E-state index contributed by atoms with van der Waals surface area (Å²) in [5.41, 5.74) is 3.24. The van der Waals surface area contributed by atoms with Crippen molar-refractivity contribution in [3.05, 3.63) is 60.2 Å². The van der Waals surface area contributed by atoms with Crippen LogP contribution in [0.25, 0.3) is 11.1 Å². The number of aliphatic carboxylic acids is 1.